The quantitative estimate of drug-likeness (QED) is 0.616. The van der Waals surface area contributed by atoms with Crippen LogP contribution in [0.3, 0.4) is 0 Å². The van der Waals surface area contributed by atoms with Gasteiger partial charge in [0.1, 0.15) is 5.82 Å². The molecule has 1 aromatic heterocycles. The highest BCUT2D eigenvalue weighted by molar-refractivity contribution is 5.84. The maximum absolute atomic E-state index is 11.7. The number of rotatable bonds is 6. The van der Waals surface area contributed by atoms with Gasteiger partial charge in [0.25, 0.3) is 0 Å². The molecule has 0 fully saturated rings. The largest absolute Gasteiger partial charge is 0.480 e. The van der Waals surface area contributed by atoms with E-state index >= 15 is 0 Å². The lowest BCUT2D eigenvalue weighted by atomic mass is 10.1. The van der Waals surface area contributed by atoms with E-state index in [9.17, 15) is 14.7 Å². The fourth-order valence-electron chi connectivity index (χ4n) is 1.99. The molecule has 2 atom stereocenters. The van der Waals surface area contributed by atoms with Crippen molar-refractivity contribution in [1.29, 1.82) is 0 Å². The standard InChI is InChI=1S/C14H17N3O4/c1-8(18)13(14(20)21)17-12(19)7-6-11-15-9-4-2-3-5-10(9)16-11/h2-5,8,13,18H,6-7H2,1H3,(H,15,16)(H,17,19)(H,20,21)/t8-,13+/m1/s1. The van der Waals surface area contributed by atoms with Gasteiger partial charge in [-0.15, -0.1) is 0 Å². The molecule has 21 heavy (non-hydrogen) atoms. The van der Waals surface area contributed by atoms with E-state index in [1.807, 2.05) is 24.3 Å². The zero-order chi connectivity index (χ0) is 15.4. The number of H-pyrrole nitrogens is 1. The molecule has 0 unspecified atom stereocenters. The first-order valence-corrected chi connectivity index (χ1v) is 6.61. The molecule has 4 N–H and O–H groups in total. The van der Waals surface area contributed by atoms with Gasteiger partial charge in [0.2, 0.25) is 5.91 Å². The van der Waals surface area contributed by atoms with Crippen LogP contribution in [0.25, 0.3) is 11.0 Å². The van der Waals surface area contributed by atoms with Crippen molar-refractivity contribution in [2.45, 2.75) is 31.9 Å². The molecule has 7 heteroatoms. The number of nitrogens with one attached hydrogen (secondary N) is 2. The molecule has 112 valence electrons. The number of aromatic amines is 1. The fraction of sp³-hybridized carbons (Fsp3) is 0.357. The first-order valence-electron chi connectivity index (χ1n) is 6.61. The molecule has 0 aliphatic heterocycles. The third kappa shape index (κ3) is 3.79. The number of aliphatic hydroxyl groups is 1. The van der Waals surface area contributed by atoms with Crippen LogP contribution in [0.15, 0.2) is 24.3 Å². The number of aliphatic hydroxyl groups excluding tert-OH is 1. The van der Waals surface area contributed by atoms with E-state index in [0.717, 1.165) is 11.0 Å². The van der Waals surface area contributed by atoms with Crippen molar-refractivity contribution < 1.29 is 19.8 Å². The van der Waals surface area contributed by atoms with Crippen molar-refractivity contribution in [3.05, 3.63) is 30.1 Å². The van der Waals surface area contributed by atoms with E-state index in [0.29, 0.717) is 12.2 Å². The van der Waals surface area contributed by atoms with Gasteiger partial charge in [-0.05, 0) is 19.1 Å². The summed E-state index contributed by atoms with van der Waals surface area (Å²) in [5, 5.41) is 20.5. The van der Waals surface area contributed by atoms with E-state index in [1.54, 1.807) is 0 Å². The lowest BCUT2D eigenvalue weighted by Gasteiger charge is -2.16. The minimum absolute atomic E-state index is 0.0936. The lowest BCUT2D eigenvalue weighted by molar-refractivity contribution is -0.144. The van der Waals surface area contributed by atoms with Crippen LogP contribution in [0.1, 0.15) is 19.2 Å². The highest BCUT2D eigenvalue weighted by Crippen LogP contribution is 2.11. The summed E-state index contributed by atoms with van der Waals surface area (Å²) in [5.74, 6) is -1.04. The van der Waals surface area contributed by atoms with Crippen molar-refractivity contribution in [2.75, 3.05) is 0 Å². The van der Waals surface area contributed by atoms with Crippen LogP contribution < -0.4 is 5.32 Å². The molecule has 0 saturated carbocycles. The fourth-order valence-corrected chi connectivity index (χ4v) is 1.99. The summed E-state index contributed by atoms with van der Waals surface area (Å²) in [5.41, 5.74) is 1.71. The summed E-state index contributed by atoms with van der Waals surface area (Å²) in [6, 6.07) is 6.22. The van der Waals surface area contributed by atoms with Gasteiger partial charge in [0.05, 0.1) is 17.1 Å². The molecule has 0 saturated heterocycles. The van der Waals surface area contributed by atoms with Crippen LogP contribution >= 0.6 is 0 Å². The van der Waals surface area contributed by atoms with Gasteiger partial charge in [-0.1, -0.05) is 12.1 Å². The molecule has 1 heterocycles. The highest BCUT2D eigenvalue weighted by atomic mass is 16.4. The van der Waals surface area contributed by atoms with E-state index in [4.69, 9.17) is 5.11 Å². The zero-order valence-corrected chi connectivity index (χ0v) is 11.5. The van der Waals surface area contributed by atoms with Crippen molar-refractivity contribution in [3.8, 4) is 0 Å². The van der Waals surface area contributed by atoms with E-state index in [1.165, 1.54) is 6.92 Å². The Hall–Kier alpha value is -2.41. The maximum Gasteiger partial charge on any atom is 0.328 e. The minimum Gasteiger partial charge on any atom is -0.480 e. The average molecular weight is 291 g/mol. The maximum atomic E-state index is 11.7. The van der Waals surface area contributed by atoms with Gasteiger partial charge in [-0.2, -0.15) is 0 Å². The van der Waals surface area contributed by atoms with Crippen molar-refractivity contribution in [1.82, 2.24) is 15.3 Å². The molecule has 2 aromatic rings. The first kappa shape index (κ1) is 15.0. The van der Waals surface area contributed by atoms with Crippen molar-refractivity contribution in [2.24, 2.45) is 0 Å². The van der Waals surface area contributed by atoms with E-state index in [-0.39, 0.29) is 6.42 Å². The summed E-state index contributed by atoms with van der Waals surface area (Å²) in [6.45, 7) is 1.32. The molecule has 1 aromatic carbocycles. The number of imidazole rings is 1. The molecule has 2 rings (SSSR count). The third-order valence-corrected chi connectivity index (χ3v) is 3.09. The SMILES string of the molecule is C[C@@H](O)[C@H](NC(=O)CCc1nc2ccccc2[nH]1)C(=O)O. The van der Waals surface area contributed by atoms with Crippen LogP contribution in [-0.2, 0) is 16.0 Å². The molecule has 0 radical (unpaired) electrons. The number of aliphatic carboxylic acids is 1. The van der Waals surface area contributed by atoms with Gasteiger partial charge < -0.3 is 20.5 Å². The summed E-state index contributed by atoms with van der Waals surface area (Å²) >= 11 is 0. The van der Waals surface area contributed by atoms with Gasteiger partial charge in [-0.25, -0.2) is 9.78 Å². The molecule has 0 spiro atoms. The second-order valence-corrected chi connectivity index (χ2v) is 4.82. The normalized spacial score (nSPS) is 13.8. The third-order valence-electron chi connectivity index (χ3n) is 3.09. The molecule has 0 aliphatic carbocycles. The Kier molecular flexibility index (Phi) is 4.54. The summed E-state index contributed by atoms with van der Waals surface area (Å²) < 4.78 is 0. The number of carboxylic acid groups (broad SMARTS) is 1. The molecular weight excluding hydrogens is 274 g/mol. The van der Waals surface area contributed by atoms with E-state index in [2.05, 4.69) is 15.3 Å². The van der Waals surface area contributed by atoms with Crippen LogP contribution in [0, 0.1) is 0 Å². The number of hydrogen-bond donors (Lipinski definition) is 4. The van der Waals surface area contributed by atoms with Crippen LogP contribution in [0.2, 0.25) is 0 Å². The molecular formula is C14H17N3O4. The predicted molar refractivity (Wildman–Crippen MR) is 75.7 cm³/mol. The number of amides is 1. The zero-order valence-electron chi connectivity index (χ0n) is 11.5. The van der Waals surface area contributed by atoms with Crippen molar-refractivity contribution >= 4 is 22.9 Å². The van der Waals surface area contributed by atoms with E-state index < -0.39 is 24.0 Å². The minimum atomic E-state index is -1.30. The monoisotopic (exact) mass is 291 g/mol. The lowest BCUT2D eigenvalue weighted by Crippen LogP contribution is -2.47. The van der Waals surface area contributed by atoms with Gasteiger partial charge in [0, 0.05) is 12.8 Å². The second kappa shape index (κ2) is 6.36. The Bertz CT molecular complexity index is 617. The summed E-state index contributed by atoms with van der Waals surface area (Å²) in [6.07, 6.45) is -0.694. The number of aromatic nitrogens is 2. The van der Waals surface area contributed by atoms with Crippen LogP contribution in [0.5, 0.6) is 0 Å². The average Bonchev–Trinajstić information content (AvgIpc) is 2.84. The number of carboxylic acids is 1. The number of hydrogen-bond acceptors (Lipinski definition) is 4. The van der Waals surface area contributed by atoms with Gasteiger partial charge in [0.15, 0.2) is 6.04 Å². The number of aryl methyl sites for hydroxylation is 1. The molecule has 0 bridgehead atoms. The number of fused-ring (bicyclic) bond motifs is 1. The molecule has 0 aliphatic rings. The number of para-hydroxylation sites is 2. The first-order chi connectivity index (χ1) is 9.97. The Morgan fingerprint density at radius 3 is 2.71 bits per heavy atom. The molecule has 1 amide bonds. The Morgan fingerprint density at radius 2 is 2.10 bits per heavy atom. The van der Waals surface area contributed by atoms with Crippen LogP contribution in [0.4, 0.5) is 0 Å². The highest BCUT2D eigenvalue weighted by Gasteiger charge is 2.24. The topological polar surface area (TPSA) is 115 Å². The number of benzene rings is 1. The smallest absolute Gasteiger partial charge is 0.328 e. The predicted octanol–water partition coefficient (Wildman–Crippen LogP) is 0.446. The Labute approximate surface area is 121 Å². The van der Waals surface area contributed by atoms with Crippen molar-refractivity contribution in [3.63, 3.8) is 0 Å². The Balaban J connectivity index is 1.93. The van der Waals surface area contributed by atoms with Gasteiger partial charge >= 0.3 is 5.97 Å². The van der Waals surface area contributed by atoms with Crippen LogP contribution in [-0.4, -0.2) is 44.2 Å². The summed E-state index contributed by atoms with van der Waals surface area (Å²) in [4.78, 5) is 30.0. The Morgan fingerprint density at radius 1 is 1.38 bits per heavy atom. The molecule has 7 nitrogen and oxygen atoms in total. The van der Waals surface area contributed by atoms with Gasteiger partial charge in [-0.3, -0.25) is 4.79 Å². The number of carbonyl (C=O) groups excluding carboxylic acids is 1. The second-order valence-electron chi connectivity index (χ2n) is 4.82. The number of carbonyl (C=O) groups is 2. The summed E-state index contributed by atoms with van der Waals surface area (Å²) in [7, 11) is 0. The number of nitrogens with zero attached hydrogens (tertiary/aromatic N) is 1.